The molecule has 0 unspecified atom stereocenters. The number of aliphatic hydroxyl groups excluding tert-OH is 1. The SMILES string of the molecule is OCCCCC=C1CCCCCCCCCCCCCC1. The van der Waals surface area contributed by atoms with E-state index in [2.05, 4.69) is 6.08 Å². The smallest absolute Gasteiger partial charge is 0.0431 e. The third kappa shape index (κ3) is 12.0. The molecule has 124 valence electrons. The second-order valence-electron chi connectivity index (χ2n) is 6.82. The maximum absolute atomic E-state index is 8.86. The van der Waals surface area contributed by atoms with E-state index < -0.39 is 0 Å². The second-order valence-corrected chi connectivity index (χ2v) is 6.82. The molecule has 1 nitrogen and oxygen atoms in total. The van der Waals surface area contributed by atoms with Crippen molar-refractivity contribution in [2.75, 3.05) is 6.61 Å². The van der Waals surface area contributed by atoms with Crippen LogP contribution in [0.3, 0.4) is 0 Å². The highest BCUT2D eigenvalue weighted by Crippen LogP contribution is 2.20. The lowest BCUT2D eigenvalue weighted by atomic mass is 9.98. The van der Waals surface area contributed by atoms with Crippen molar-refractivity contribution in [2.45, 2.75) is 109 Å². The van der Waals surface area contributed by atoms with Crippen LogP contribution in [0.2, 0.25) is 0 Å². The molecule has 1 heteroatoms. The average Bonchev–Trinajstić information content (AvgIpc) is 2.51. The predicted octanol–water partition coefficient (Wildman–Crippen LogP) is 6.55. The lowest BCUT2D eigenvalue weighted by Crippen LogP contribution is -1.89. The van der Waals surface area contributed by atoms with Crippen molar-refractivity contribution in [3.8, 4) is 0 Å². The van der Waals surface area contributed by atoms with Gasteiger partial charge in [-0.05, 0) is 44.9 Å². The van der Waals surface area contributed by atoms with Gasteiger partial charge in [0.05, 0.1) is 0 Å². The maximum atomic E-state index is 8.86. The Labute approximate surface area is 133 Å². The molecule has 0 amide bonds. The standard InChI is InChI=1S/C20H38O/c21-19-15-11-14-18-20-16-12-9-7-5-3-1-2-4-6-8-10-13-17-20/h18,21H,1-17,19H2. The fourth-order valence-corrected chi connectivity index (χ4v) is 3.36. The van der Waals surface area contributed by atoms with Crippen LogP contribution in [0.1, 0.15) is 109 Å². The third-order valence-corrected chi connectivity index (χ3v) is 4.79. The van der Waals surface area contributed by atoms with E-state index in [4.69, 9.17) is 5.11 Å². The first kappa shape index (κ1) is 18.7. The van der Waals surface area contributed by atoms with E-state index in [-0.39, 0.29) is 0 Å². The summed E-state index contributed by atoms with van der Waals surface area (Å²) in [6.07, 6.45) is 25.7. The van der Waals surface area contributed by atoms with Crippen LogP contribution in [0, 0.1) is 0 Å². The summed E-state index contributed by atoms with van der Waals surface area (Å²) in [5.74, 6) is 0. The number of aliphatic hydroxyl groups is 1. The van der Waals surface area contributed by atoms with Crippen LogP contribution in [0.25, 0.3) is 0 Å². The van der Waals surface area contributed by atoms with Crippen molar-refractivity contribution in [1.82, 2.24) is 0 Å². The lowest BCUT2D eigenvalue weighted by Gasteiger charge is -2.08. The van der Waals surface area contributed by atoms with Gasteiger partial charge < -0.3 is 5.11 Å². The number of hydrogen-bond acceptors (Lipinski definition) is 1. The van der Waals surface area contributed by atoms with Crippen molar-refractivity contribution < 1.29 is 5.11 Å². The molecule has 1 saturated carbocycles. The molecule has 0 spiro atoms. The molecule has 1 N–H and O–H groups in total. The van der Waals surface area contributed by atoms with E-state index in [1.807, 2.05) is 0 Å². The normalized spacial score (nSPS) is 20.5. The molecule has 0 bridgehead atoms. The lowest BCUT2D eigenvalue weighted by molar-refractivity contribution is 0.285. The van der Waals surface area contributed by atoms with Crippen molar-refractivity contribution in [2.24, 2.45) is 0 Å². The Morgan fingerprint density at radius 2 is 1.05 bits per heavy atom. The van der Waals surface area contributed by atoms with Gasteiger partial charge in [0.25, 0.3) is 0 Å². The van der Waals surface area contributed by atoms with Crippen molar-refractivity contribution >= 4 is 0 Å². The van der Waals surface area contributed by atoms with Crippen LogP contribution in [0.5, 0.6) is 0 Å². The predicted molar refractivity (Wildman–Crippen MR) is 93.7 cm³/mol. The molecule has 0 saturated heterocycles. The maximum Gasteiger partial charge on any atom is 0.0431 e. The highest BCUT2D eigenvalue weighted by Gasteiger charge is 2.01. The van der Waals surface area contributed by atoms with E-state index in [1.165, 1.54) is 96.3 Å². The molecule has 0 radical (unpaired) electrons. The topological polar surface area (TPSA) is 20.2 Å². The van der Waals surface area contributed by atoms with Gasteiger partial charge in [0.15, 0.2) is 0 Å². The Morgan fingerprint density at radius 3 is 1.48 bits per heavy atom. The van der Waals surface area contributed by atoms with E-state index in [0.29, 0.717) is 6.61 Å². The molecule has 0 heterocycles. The quantitative estimate of drug-likeness (QED) is 0.460. The van der Waals surface area contributed by atoms with Gasteiger partial charge >= 0.3 is 0 Å². The first-order valence-corrected chi connectivity index (χ1v) is 9.72. The molecule has 21 heavy (non-hydrogen) atoms. The van der Waals surface area contributed by atoms with Gasteiger partial charge in [-0.3, -0.25) is 0 Å². The van der Waals surface area contributed by atoms with Crippen LogP contribution >= 0.6 is 0 Å². The monoisotopic (exact) mass is 294 g/mol. The van der Waals surface area contributed by atoms with Gasteiger partial charge in [-0.1, -0.05) is 75.9 Å². The Kier molecular flexibility index (Phi) is 13.1. The summed E-state index contributed by atoms with van der Waals surface area (Å²) in [6, 6.07) is 0. The largest absolute Gasteiger partial charge is 0.396 e. The average molecular weight is 295 g/mol. The zero-order chi connectivity index (χ0) is 15.0. The summed E-state index contributed by atoms with van der Waals surface area (Å²) >= 11 is 0. The highest BCUT2D eigenvalue weighted by molar-refractivity contribution is 5.01. The summed E-state index contributed by atoms with van der Waals surface area (Å²) in [5, 5.41) is 8.86. The molecule has 1 aliphatic carbocycles. The number of rotatable bonds is 4. The van der Waals surface area contributed by atoms with E-state index in [1.54, 1.807) is 5.57 Å². The molecule has 0 aliphatic heterocycles. The van der Waals surface area contributed by atoms with Crippen LogP contribution in [0.4, 0.5) is 0 Å². The molecule has 1 aliphatic rings. The van der Waals surface area contributed by atoms with Gasteiger partial charge in [0.1, 0.15) is 0 Å². The van der Waals surface area contributed by atoms with E-state index >= 15 is 0 Å². The molecule has 0 aromatic carbocycles. The molecule has 1 fully saturated rings. The van der Waals surface area contributed by atoms with Crippen LogP contribution in [0.15, 0.2) is 11.6 Å². The molecular weight excluding hydrogens is 256 g/mol. The third-order valence-electron chi connectivity index (χ3n) is 4.79. The molecule has 1 rings (SSSR count). The Balaban J connectivity index is 2.29. The number of hydrogen-bond donors (Lipinski definition) is 1. The Hall–Kier alpha value is -0.300. The van der Waals surface area contributed by atoms with Crippen molar-refractivity contribution in [3.05, 3.63) is 11.6 Å². The second kappa shape index (κ2) is 14.6. The van der Waals surface area contributed by atoms with Crippen LogP contribution in [-0.2, 0) is 0 Å². The fourth-order valence-electron chi connectivity index (χ4n) is 3.36. The number of unbranched alkanes of at least 4 members (excludes halogenated alkanes) is 2. The van der Waals surface area contributed by atoms with E-state index in [0.717, 1.165) is 12.8 Å². The minimum absolute atomic E-state index is 0.350. The zero-order valence-electron chi connectivity index (χ0n) is 14.3. The fraction of sp³-hybridized carbons (Fsp3) is 0.900. The van der Waals surface area contributed by atoms with Crippen molar-refractivity contribution in [3.63, 3.8) is 0 Å². The minimum atomic E-state index is 0.350. The first-order chi connectivity index (χ1) is 10.4. The summed E-state index contributed by atoms with van der Waals surface area (Å²) in [5.41, 5.74) is 1.71. The van der Waals surface area contributed by atoms with Crippen molar-refractivity contribution in [1.29, 1.82) is 0 Å². The summed E-state index contributed by atoms with van der Waals surface area (Å²) < 4.78 is 0. The number of allylic oxidation sites excluding steroid dienone is 2. The van der Waals surface area contributed by atoms with Gasteiger partial charge in [-0.25, -0.2) is 0 Å². The minimum Gasteiger partial charge on any atom is -0.396 e. The van der Waals surface area contributed by atoms with Gasteiger partial charge in [0.2, 0.25) is 0 Å². The van der Waals surface area contributed by atoms with Gasteiger partial charge in [0, 0.05) is 6.61 Å². The first-order valence-electron chi connectivity index (χ1n) is 9.72. The summed E-state index contributed by atoms with van der Waals surface area (Å²) in [7, 11) is 0. The summed E-state index contributed by atoms with van der Waals surface area (Å²) in [6.45, 7) is 0.350. The molecule has 0 aromatic rings. The van der Waals surface area contributed by atoms with Crippen LogP contribution in [-0.4, -0.2) is 11.7 Å². The summed E-state index contributed by atoms with van der Waals surface area (Å²) in [4.78, 5) is 0. The highest BCUT2D eigenvalue weighted by atomic mass is 16.2. The molecular formula is C20H38O. The molecule has 0 aromatic heterocycles. The zero-order valence-corrected chi connectivity index (χ0v) is 14.3. The van der Waals surface area contributed by atoms with Gasteiger partial charge in [-0.15, -0.1) is 0 Å². The van der Waals surface area contributed by atoms with Gasteiger partial charge in [-0.2, -0.15) is 0 Å². The van der Waals surface area contributed by atoms with Crippen LogP contribution < -0.4 is 0 Å². The van der Waals surface area contributed by atoms with E-state index in [9.17, 15) is 0 Å². The Morgan fingerprint density at radius 1 is 0.619 bits per heavy atom. The molecule has 0 atom stereocenters. The Bertz CT molecular complexity index is 226.